The minimum atomic E-state index is -0.307. The first kappa shape index (κ1) is 18.0. The Bertz CT molecular complexity index is 890. The molecule has 0 spiro atoms. The molecule has 0 radical (unpaired) electrons. The number of nitrogens with one attached hydrogen (secondary N) is 1. The van der Waals surface area contributed by atoms with Crippen LogP contribution in [0.15, 0.2) is 61.1 Å². The summed E-state index contributed by atoms with van der Waals surface area (Å²) in [4.78, 5) is 19.9. The first-order valence-corrected chi connectivity index (χ1v) is 8.27. The molecule has 6 nitrogen and oxygen atoms in total. The molecule has 1 heterocycles. The molecule has 0 aliphatic heterocycles. The van der Waals surface area contributed by atoms with Crippen LogP contribution in [0.3, 0.4) is 0 Å². The number of carbonyl (C=O) groups is 1. The molecular formula is C18H13Cl2N3O3. The summed E-state index contributed by atoms with van der Waals surface area (Å²) in [5.41, 5.74) is 0.610. The number of halogens is 2. The van der Waals surface area contributed by atoms with Crippen LogP contribution in [0.1, 0.15) is 0 Å². The zero-order chi connectivity index (χ0) is 18.4. The Balaban J connectivity index is 1.51. The lowest BCUT2D eigenvalue weighted by Crippen LogP contribution is -2.20. The number of anilines is 1. The van der Waals surface area contributed by atoms with Gasteiger partial charge in [-0.2, -0.15) is 0 Å². The smallest absolute Gasteiger partial charge is 0.262 e. The number of amides is 1. The fourth-order valence-electron chi connectivity index (χ4n) is 1.98. The molecule has 1 amide bonds. The van der Waals surface area contributed by atoms with Gasteiger partial charge in [0, 0.05) is 24.1 Å². The van der Waals surface area contributed by atoms with Gasteiger partial charge in [0.25, 0.3) is 5.91 Å². The minimum absolute atomic E-state index is 0.157. The van der Waals surface area contributed by atoms with E-state index in [4.69, 9.17) is 32.7 Å². The molecule has 0 bridgehead atoms. The van der Waals surface area contributed by atoms with Gasteiger partial charge in [0.1, 0.15) is 11.5 Å². The Morgan fingerprint density at radius 3 is 2.46 bits per heavy atom. The van der Waals surface area contributed by atoms with Crippen LogP contribution in [0.2, 0.25) is 10.0 Å². The second-order valence-electron chi connectivity index (χ2n) is 5.08. The van der Waals surface area contributed by atoms with Crippen molar-refractivity contribution < 1.29 is 14.3 Å². The van der Waals surface area contributed by atoms with Gasteiger partial charge in [0.2, 0.25) is 5.88 Å². The highest BCUT2D eigenvalue weighted by molar-refractivity contribution is 6.42. The number of ether oxygens (including phenoxy) is 2. The minimum Gasteiger partial charge on any atom is -0.484 e. The van der Waals surface area contributed by atoms with Gasteiger partial charge in [-0.25, -0.2) is 4.98 Å². The summed E-state index contributed by atoms with van der Waals surface area (Å²) in [5.74, 6) is 1.12. The van der Waals surface area contributed by atoms with Crippen molar-refractivity contribution >= 4 is 34.8 Å². The van der Waals surface area contributed by atoms with Crippen LogP contribution < -0.4 is 14.8 Å². The lowest BCUT2D eigenvalue weighted by Gasteiger charge is -2.09. The quantitative estimate of drug-likeness (QED) is 0.666. The van der Waals surface area contributed by atoms with Gasteiger partial charge in [-0.05, 0) is 36.4 Å². The van der Waals surface area contributed by atoms with Crippen molar-refractivity contribution in [1.82, 2.24) is 9.97 Å². The second-order valence-corrected chi connectivity index (χ2v) is 5.90. The van der Waals surface area contributed by atoms with E-state index in [0.717, 1.165) is 0 Å². The summed E-state index contributed by atoms with van der Waals surface area (Å²) in [6, 6.07) is 11.6. The summed E-state index contributed by atoms with van der Waals surface area (Å²) in [6.45, 7) is -0.157. The van der Waals surface area contributed by atoms with E-state index in [1.165, 1.54) is 12.4 Å². The summed E-state index contributed by atoms with van der Waals surface area (Å²) in [7, 11) is 0. The van der Waals surface area contributed by atoms with E-state index in [0.29, 0.717) is 33.1 Å². The van der Waals surface area contributed by atoms with Gasteiger partial charge in [0.05, 0.1) is 16.2 Å². The van der Waals surface area contributed by atoms with Crippen LogP contribution in [0.25, 0.3) is 0 Å². The van der Waals surface area contributed by atoms with Gasteiger partial charge in [0.15, 0.2) is 6.61 Å². The van der Waals surface area contributed by atoms with Crippen LogP contribution in [0, 0.1) is 0 Å². The van der Waals surface area contributed by atoms with Crippen molar-refractivity contribution in [3.05, 3.63) is 71.1 Å². The largest absolute Gasteiger partial charge is 0.484 e. The second kappa shape index (κ2) is 8.51. The number of carbonyl (C=O) groups excluding carboxylic acids is 1. The predicted octanol–water partition coefficient (Wildman–Crippen LogP) is 4.59. The molecular weight excluding hydrogens is 377 g/mol. The van der Waals surface area contributed by atoms with Gasteiger partial charge in [-0.3, -0.25) is 9.78 Å². The summed E-state index contributed by atoms with van der Waals surface area (Å²) in [5, 5.41) is 3.51. The highest BCUT2D eigenvalue weighted by atomic mass is 35.5. The lowest BCUT2D eigenvalue weighted by molar-refractivity contribution is -0.118. The number of nitrogens with zero attached hydrogens (tertiary/aromatic N) is 2. The number of benzene rings is 2. The molecule has 0 fully saturated rings. The van der Waals surface area contributed by atoms with Crippen LogP contribution in [-0.2, 0) is 4.79 Å². The van der Waals surface area contributed by atoms with Crippen molar-refractivity contribution in [3.8, 4) is 17.4 Å². The first-order valence-electron chi connectivity index (χ1n) is 7.52. The SMILES string of the molecule is O=C(COc1ccc(Cl)c(Cl)c1)Nc1ccc(Oc2cnccn2)cc1. The van der Waals surface area contributed by atoms with Crippen LogP contribution >= 0.6 is 23.2 Å². The van der Waals surface area contributed by atoms with Crippen molar-refractivity contribution in [2.75, 3.05) is 11.9 Å². The lowest BCUT2D eigenvalue weighted by atomic mass is 10.3. The average molecular weight is 390 g/mol. The Kier molecular flexibility index (Phi) is 5.88. The molecule has 2 aromatic carbocycles. The number of rotatable bonds is 6. The fourth-order valence-corrected chi connectivity index (χ4v) is 2.27. The first-order chi connectivity index (χ1) is 12.6. The number of aromatic nitrogens is 2. The van der Waals surface area contributed by atoms with E-state index < -0.39 is 0 Å². The molecule has 1 N–H and O–H groups in total. The molecule has 3 aromatic rings. The van der Waals surface area contributed by atoms with E-state index >= 15 is 0 Å². The van der Waals surface area contributed by atoms with E-state index in [9.17, 15) is 4.79 Å². The molecule has 0 saturated carbocycles. The predicted molar refractivity (Wildman–Crippen MR) is 99.1 cm³/mol. The van der Waals surface area contributed by atoms with E-state index in [1.54, 1.807) is 48.7 Å². The third kappa shape index (κ3) is 5.08. The maximum atomic E-state index is 12.0. The summed E-state index contributed by atoms with van der Waals surface area (Å²) < 4.78 is 10.9. The molecule has 0 atom stereocenters. The molecule has 0 aliphatic carbocycles. The Hall–Kier alpha value is -2.83. The third-order valence-electron chi connectivity index (χ3n) is 3.16. The third-order valence-corrected chi connectivity index (χ3v) is 3.90. The maximum absolute atomic E-state index is 12.0. The highest BCUT2D eigenvalue weighted by Crippen LogP contribution is 2.26. The van der Waals surface area contributed by atoms with E-state index in [1.807, 2.05) is 0 Å². The van der Waals surface area contributed by atoms with E-state index in [-0.39, 0.29) is 12.5 Å². The molecule has 0 unspecified atom stereocenters. The van der Waals surface area contributed by atoms with Crippen molar-refractivity contribution in [3.63, 3.8) is 0 Å². The zero-order valence-corrected chi connectivity index (χ0v) is 14.9. The van der Waals surface area contributed by atoms with Crippen molar-refractivity contribution in [1.29, 1.82) is 0 Å². The molecule has 26 heavy (non-hydrogen) atoms. The monoisotopic (exact) mass is 389 g/mol. The van der Waals surface area contributed by atoms with E-state index in [2.05, 4.69) is 15.3 Å². The van der Waals surface area contributed by atoms with Crippen LogP contribution in [0.5, 0.6) is 17.4 Å². The normalized spacial score (nSPS) is 10.2. The standard InChI is InChI=1S/C18H13Cl2N3O3/c19-15-6-5-14(9-16(15)20)25-11-17(24)23-12-1-3-13(4-2-12)26-18-10-21-7-8-22-18/h1-10H,11H2,(H,23,24). The topological polar surface area (TPSA) is 73.3 Å². The van der Waals surface area contributed by atoms with Gasteiger partial charge < -0.3 is 14.8 Å². The highest BCUT2D eigenvalue weighted by Gasteiger charge is 2.06. The number of hydrogen-bond acceptors (Lipinski definition) is 5. The molecule has 8 heteroatoms. The van der Waals surface area contributed by atoms with Gasteiger partial charge >= 0.3 is 0 Å². The van der Waals surface area contributed by atoms with Crippen LogP contribution in [0.4, 0.5) is 5.69 Å². The molecule has 0 aliphatic rings. The molecule has 1 aromatic heterocycles. The van der Waals surface area contributed by atoms with Gasteiger partial charge in [-0.15, -0.1) is 0 Å². The molecule has 3 rings (SSSR count). The Morgan fingerprint density at radius 2 is 1.77 bits per heavy atom. The number of hydrogen-bond donors (Lipinski definition) is 1. The van der Waals surface area contributed by atoms with Crippen molar-refractivity contribution in [2.24, 2.45) is 0 Å². The van der Waals surface area contributed by atoms with Crippen LogP contribution in [-0.4, -0.2) is 22.5 Å². The molecule has 132 valence electrons. The summed E-state index contributed by atoms with van der Waals surface area (Å²) in [6.07, 6.45) is 4.61. The average Bonchev–Trinajstić information content (AvgIpc) is 2.65. The summed E-state index contributed by atoms with van der Waals surface area (Å²) >= 11 is 11.7. The Morgan fingerprint density at radius 1 is 1.00 bits per heavy atom. The Labute approximate surface area is 159 Å². The molecule has 0 saturated heterocycles. The fraction of sp³-hybridized carbons (Fsp3) is 0.0556. The van der Waals surface area contributed by atoms with Gasteiger partial charge in [-0.1, -0.05) is 23.2 Å². The zero-order valence-electron chi connectivity index (χ0n) is 13.4. The van der Waals surface area contributed by atoms with Crippen molar-refractivity contribution in [2.45, 2.75) is 0 Å². The maximum Gasteiger partial charge on any atom is 0.262 e.